The molecule has 0 spiro atoms. The maximum atomic E-state index is 9.45. The van der Waals surface area contributed by atoms with Gasteiger partial charge >= 0.3 is 29.0 Å². The van der Waals surface area contributed by atoms with Gasteiger partial charge in [0.15, 0.2) is 0 Å². The molecule has 6 heteroatoms. The molecule has 0 aromatic heterocycles. The number of hydrogen-bond acceptors (Lipinski definition) is 4. The van der Waals surface area contributed by atoms with E-state index < -0.39 is 12.1 Å². The molecule has 4 N–H and O–H groups in total. The van der Waals surface area contributed by atoms with Crippen LogP contribution in [0.15, 0.2) is 0 Å². The summed E-state index contributed by atoms with van der Waals surface area (Å²) in [6.07, 6.45) is -1.23. The first-order chi connectivity index (χ1) is 2.64. The topological polar surface area (TPSA) is 118 Å². The largest absolute Gasteiger partial charge is 2.00 e. The quantitative estimate of drug-likeness (QED) is 0.449. The van der Waals surface area contributed by atoms with Gasteiger partial charge < -0.3 is 21.2 Å². The Morgan fingerprint density at radius 2 is 1.56 bits per heavy atom. The van der Waals surface area contributed by atoms with E-state index in [1.165, 1.54) is 6.92 Å². The van der Waals surface area contributed by atoms with E-state index in [1.807, 2.05) is 0 Å². The van der Waals surface area contributed by atoms with Gasteiger partial charge in [0.1, 0.15) is 6.10 Å². The number of aliphatic hydroxyl groups is 1. The fraction of sp³-hybridized carbons (Fsp3) is 0.667. The molecule has 5 nitrogen and oxygen atoms in total. The van der Waals surface area contributed by atoms with Crippen LogP contribution in [0.1, 0.15) is 6.92 Å². The molecule has 0 saturated heterocycles. The number of carboxylic acid groups (broad SMARTS) is 1. The first kappa shape index (κ1) is 22.9. The molecule has 52 valence electrons. The minimum absolute atomic E-state index is 0. The van der Waals surface area contributed by atoms with Crippen molar-refractivity contribution in [2.45, 2.75) is 13.0 Å². The molecule has 0 aromatic rings. The Balaban J connectivity index is -0.0000000417. The molecule has 0 bridgehead atoms. The van der Waals surface area contributed by atoms with Crippen LogP contribution in [0.5, 0.6) is 0 Å². The predicted octanol–water partition coefficient (Wildman–Crippen LogP) is -1.28. The Bertz CT molecular complexity index is 63.2. The minimum atomic E-state index is -1.23. The summed E-state index contributed by atoms with van der Waals surface area (Å²) in [6, 6.07) is 0. The third-order valence-corrected chi connectivity index (χ3v) is 0.357. The Morgan fingerprint density at radius 1 is 1.44 bits per heavy atom. The third-order valence-electron chi connectivity index (χ3n) is 0.357. The number of carbonyl (C=O) groups is 1. The van der Waals surface area contributed by atoms with Crippen LogP contribution < -0.4 is 0 Å². The average Bonchev–Trinajstić information content (AvgIpc) is 1.36. The maximum Gasteiger partial charge on any atom is 2.00 e. The maximum absolute atomic E-state index is 9.45. The number of aliphatic carboxylic acids is 1. The third kappa shape index (κ3) is 17.9. The molecular weight excluding hydrogens is 140 g/mol. The van der Waals surface area contributed by atoms with Gasteiger partial charge in [0.05, 0.1) is 0 Å². The van der Waals surface area contributed by atoms with Crippen molar-refractivity contribution in [3.8, 4) is 0 Å². The zero-order valence-corrected chi connectivity index (χ0v) is 6.40. The van der Waals surface area contributed by atoms with E-state index in [1.54, 1.807) is 0 Å². The van der Waals surface area contributed by atoms with Gasteiger partial charge in [0.25, 0.3) is 0 Å². The second-order valence-corrected chi connectivity index (χ2v) is 1.01. The average molecular weight is 148 g/mol. The molecular formula is C3H8MgO5. The van der Waals surface area contributed by atoms with Crippen LogP contribution >= 0.6 is 0 Å². The molecule has 0 heterocycles. The Kier molecular flexibility index (Phi) is 28.0. The summed E-state index contributed by atoms with van der Waals surface area (Å²) in [6.45, 7) is 1.20. The van der Waals surface area contributed by atoms with E-state index in [2.05, 4.69) is 0 Å². The van der Waals surface area contributed by atoms with Crippen molar-refractivity contribution < 1.29 is 26.0 Å². The van der Waals surface area contributed by atoms with E-state index in [0.29, 0.717) is 0 Å². The molecule has 9 heavy (non-hydrogen) atoms. The van der Waals surface area contributed by atoms with Gasteiger partial charge in [0, 0.05) is 0 Å². The standard InChI is InChI=1S/C3H6O3.Mg.2H2O/c1-2(4)3(5)6;;;/h2,4H,1H3,(H,5,6);;2*1H2/q;+2;;/p-2. The Hall–Kier alpha value is 0.116. The predicted molar refractivity (Wildman–Crippen MR) is 28.9 cm³/mol. The molecule has 0 aliphatic carbocycles. The van der Waals surface area contributed by atoms with Gasteiger partial charge in [-0.05, 0) is 6.92 Å². The fourth-order valence-corrected chi connectivity index (χ4v) is 0. The first-order valence-electron chi connectivity index (χ1n) is 1.55. The number of aliphatic hydroxyl groups excluding tert-OH is 1. The van der Waals surface area contributed by atoms with Crippen molar-refractivity contribution in [3.05, 3.63) is 0 Å². The zero-order chi connectivity index (χ0) is 5.15. The molecule has 0 fully saturated rings. The van der Waals surface area contributed by atoms with Gasteiger partial charge in [-0.15, -0.1) is 0 Å². The summed E-state index contributed by atoms with van der Waals surface area (Å²) in [5, 5.41) is 15.8. The summed E-state index contributed by atoms with van der Waals surface area (Å²) in [7, 11) is 0. The summed E-state index contributed by atoms with van der Waals surface area (Å²) in [5.41, 5.74) is 0. The van der Waals surface area contributed by atoms with Crippen molar-refractivity contribution in [1.82, 2.24) is 0 Å². The van der Waals surface area contributed by atoms with Crippen molar-refractivity contribution >= 4 is 29.0 Å². The van der Waals surface area contributed by atoms with Crippen molar-refractivity contribution in [3.63, 3.8) is 0 Å². The van der Waals surface area contributed by atoms with E-state index in [4.69, 9.17) is 10.2 Å². The monoisotopic (exact) mass is 148 g/mol. The molecule has 0 aliphatic heterocycles. The summed E-state index contributed by atoms with van der Waals surface area (Å²) in [4.78, 5) is 9.45. The fourth-order valence-electron chi connectivity index (χ4n) is 0. The van der Waals surface area contributed by atoms with E-state index >= 15 is 0 Å². The Morgan fingerprint density at radius 3 is 1.56 bits per heavy atom. The summed E-state index contributed by atoms with van der Waals surface area (Å²) < 4.78 is 0. The van der Waals surface area contributed by atoms with Crippen LogP contribution in [0.3, 0.4) is 0 Å². The van der Waals surface area contributed by atoms with Gasteiger partial charge in [-0.2, -0.15) is 0 Å². The first-order valence-corrected chi connectivity index (χ1v) is 1.55. The van der Waals surface area contributed by atoms with Gasteiger partial charge in [-0.3, -0.25) is 0 Å². The van der Waals surface area contributed by atoms with Crippen LogP contribution in [0.25, 0.3) is 0 Å². The van der Waals surface area contributed by atoms with Crippen molar-refractivity contribution in [2.24, 2.45) is 0 Å². The van der Waals surface area contributed by atoms with Gasteiger partial charge in [-0.25, -0.2) is 4.79 Å². The molecule has 0 aromatic carbocycles. The number of hydrogen-bond donors (Lipinski definition) is 2. The van der Waals surface area contributed by atoms with Gasteiger partial charge in [0.2, 0.25) is 0 Å². The van der Waals surface area contributed by atoms with E-state index in [0.717, 1.165) is 0 Å². The number of carboxylic acids is 1. The second-order valence-electron chi connectivity index (χ2n) is 1.01. The summed E-state index contributed by atoms with van der Waals surface area (Å²) >= 11 is 0. The molecule has 0 amide bonds. The van der Waals surface area contributed by atoms with Crippen molar-refractivity contribution in [2.75, 3.05) is 0 Å². The van der Waals surface area contributed by atoms with Crippen LogP contribution in [0.2, 0.25) is 0 Å². The normalized spacial score (nSPS) is 9.11. The molecule has 0 aliphatic rings. The molecule has 1 atom stereocenters. The van der Waals surface area contributed by atoms with Crippen molar-refractivity contribution in [1.29, 1.82) is 0 Å². The molecule has 0 radical (unpaired) electrons. The van der Waals surface area contributed by atoms with E-state index in [-0.39, 0.29) is 34.0 Å². The second kappa shape index (κ2) is 11.0. The van der Waals surface area contributed by atoms with Crippen LogP contribution in [0.4, 0.5) is 0 Å². The Labute approximate surface area is 68.5 Å². The SMILES string of the molecule is CC(O)C(=O)O.[Mg+2].[OH-].[OH-]. The molecule has 0 saturated carbocycles. The van der Waals surface area contributed by atoms with Crippen LogP contribution in [-0.4, -0.2) is 56.3 Å². The van der Waals surface area contributed by atoms with Crippen LogP contribution in [0, 0.1) is 0 Å². The smallest absolute Gasteiger partial charge is 0.870 e. The zero-order valence-electron chi connectivity index (χ0n) is 4.98. The number of rotatable bonds is 1. The molecule has 0 rings (SSSR count). The van der Waals surface area contributed by atoms with Crippen LogP contribution in [-0.2, 0) is 4.79 Å². The van der Waals surface area contributed by atoms with E-state index in [9.17, 15) is 4.79 Å². The minimum Gasteiger partial charge on any atom is -0.870 e. The molecule has 1 unspecified atom stereocenters. The van der Waals surface area contributed by atoms with Gasteiger partial charge in [-0.1, -0.05) is 0 Å². The summed E-state index contributed by atoms with van der Waals surface area (Å²) in [5.74, 6) is -1.19.